The molecule has 0 N–H and O–H groups in total. The lowest BCUT2D eigenvalue weighted by Gasteiger charge is -2.26. The lowest BCUT2D eigenvalue weighted by atomic mass is 9.79. The van der Waals surface area contributed by atoms with E-state index in [9.17, 15) is 8.78 Å². The highest BCUT2D eigenvalue weighted by Crippen LogP contribution is 2.34. The molecule has 1 unspecified atom stereocenters. The number of aryl methyl sites for hydroxylation is 1. The average molecular weight is 415 g/mol. The SMILES string of the molecule is CCCCC1CCC(/C=C/CCc2ccc(C3=CCC(CC)CC3)c(F)c2F)CC1. The summed E-state index contributed by atoms with van der Waals surface area (Å²) in [4.78, 5) is 0. The van der Waals surface area contributed by atoms with Crippen molar-refractivity contribution in [2.24, 2.45) is 17.8 Å². The molecule has 0 radical (unpaired) electrons. The monoisotopic (exact) mass is 414 g/mol. The Morgan fingerprint density at radius 2 is 1.77 bits per heavy atom. The van der Waals surface area contributed by atoms with E-state index >= 15 is 0 Å². The van der Waals surface area contributed by atoms with Crippen molar-refractivity contribution in [3.05, 3.63) is 53.1 Å². The number of benzene rings is 1. The van der Waals surface area contributed by atoms with E-state index in [2.05, 4.69) is 32.1 Å². The summed E-state index contributed by atoms with van der Waals surface area (Å²) in [5.41, 5.74) is 1.96. The second-order valence-electron chi connectivity index (χ2n) is 9.57. The van der Waals surface area contributed by atoms with E-state index in [-0.39, 0.29) is 0 Å². The van der Waals surface area contributed by atoms with Crippen LogP contribution in [0.4, 0.5) is 8.78 Å². The van der Waals surface area contributed by atoms with Gasteiger partial charge in [0.05, 0.1) is 0 Å². The van der Waals surface area contributed by atoms with E-state index in [0.717, 1.165) is 43.6 Å². The summed E-state index contributed by atoms with van der Waals surface area (Å²) >= 11 is 0. The van der Waals surface area contributed by atoms with Crippen LogP contribution in [-0.4, -0.2) is 0 Å². The highest BCUT2D eigenvalue weighted by Gasteiger charge is 2.20. The van der Waals surface area contributed by atoms with Crippen molar-refractivity contribution in [1.29, 1.82) is 0 Å². The van der Waals surface area contributed by atoms with Gasteiger partial charge in [-0.2, -0.15) is 0 Å². The van der Waals surface area contributed by atoms with Gasteiger partial charge < -0.3 is 0 Å². The topological polar surface area (TPSA) is 0 Å². The second kappa shape index (κ2) is 11.8. The molecule has 0 heterocycles. The molecule has 166 valence electrons. The molecule has 0 bridgehead atoms. The minimum Gasteiger partial charge on any atom is -0.203 e. The molecule has 1 aromatic carbocycles. The van der Waals surface area contributed by atoms with Crippen LogP contribution in [0.1, 0.15) is 102 Å². The van der Waals surface area contributed by atoms with Crippen LogP contribution in [0.2, 0.25) is 0 Å². The average Bonchev–Trinajstić information content (AvgIpc) is 2.79. The number of allylic oxidation sites excluding steroid dienone is 4. The first-order valence-electron chi connectivity index (χ1n) is 12.4. The summed E-state index contributed by atoms with van der Waals surface area (Å²) in [7, 11) is 0. The number of hydrogen-bond acceptors (Lipinski definition) is 0. The molecule has 2 heteroatoms. The zero-order valence-electron chi connectivity index (χ0n) is 19.1. The van der Waals surface area contributed by atoms with Gasteiger partial charge in [-0.15, -0.1) is 0 Å². The number of rotatable bonds is 9. The quantitative estimate of drug-likeness (QED) is 0.353. The summed E-state index contributed by atoms with van der Waals surface area (Å²) in [6.07, 6.45) is 21.4. The molecule has 0 spiro atoms. The van der Waals surface area contributed by atoms with Gasteiger partial charge in [-0.05, 0) is 86.7 Å². The Kier molecular flexibility index (Phi) is 9.15. The summed E-state index contributed by atoms with van der Waals surface area (Å²) in [6, 6.07) is 3.60. The molecule has 1 fully saturated rings. The van der Waals surface area contributed by atoms with Crippen molar-refractivity contribution < 1.29 is 8.78 Å². The van der Waals surface area contributed by atoms with Crippen molar-refractivity contribution in [3.63, 3.8) is 0 Å². The van der Waals surface area contributed by atoms with Gasteiger partial charge in [-0.25, -0.2) is 8.78 Å². The minimum absolute atomic E-state index is 0.473. The van der Waals surface area contributed by atoms with Gasteiger partial charge in [0, 0.05) is 5.56 Å². The molecule has 2 aliphatic carbocycles. The van der Waals surface area contributed by atoms with Gasteiger partial charge in [0.1, 0.15) is 0 Å². The van der Waals surface area contributed by atoms with E-state index < -0.39 is 11.6 Å². The summed E-state index contributed by atoms with van der Waals surface area (Å²) < 4.78 is 29.4. The Morgan fingerprint density at radius 1 is 0.967 bits per heavy atom. The van der Waals surface area contributed by atoms with Crippen LogP contribution in [-0.2, 0) is 6.42 Å². The lowest BCUT2D eigenvalue weighted by Crippen LogP contribution is -2.12. The molecule has 1 aromatic rings. The molecule has 0 nitrogen and oxygen atoms in total. The van der Waals surface area contributed by atoms with Gasteiger partial charge in [0.2, 0.25) is 0 Å². The maximum Gasteiger partial charge on any atom is 0.166 e. The van der Waals surface area contributed by atoms with E-state index in [1.807, 2.05) is 0 Å². The standard InChI is InChI=1S/C28H40F2/c1-3-5-8-22-11-13-23(14-12-22)9-6-7-10-25-19-20-26(28(30)27(25)29)24-17-15-21(4-2)16-18-24/h6,9,17,19-23H,3-5,7-8,10-16,18H2,1-2H3/b9-6+. The van der Waals surface area contributed by atoms with Crippen molar-refractivity contribution >= 4 is 5.57 Å². The van der Waals surface area contributed by atoms with E-state index in [1.165, 1.54) is 44.9 Å². The zero-order valence-corrected chi connectivity index (χ0v) is 19.1. The van der Waals surface area contributed by atoms with Crippen LogP contribution in [0, 0.1) is 29.4 Å². The molecule has 3 rings (SSSR count). The number of halogens is 2. The van der Waals surface area contributed by atoms with Crippen molar-refractivity contribution in [2.45, 2.75) is 97.3 Å². The fourth-order valence-corrected chi connectivity index (χ4v) is 5.22. The maximum absolute atomic E-state index is 14.7. The molecule has 30 heavy (non-hydrogen) atoms. The van der Waals surface area contributed by atoms with Crippen molar-refractivity contribution in [2.75, 3.05) is 0 Å². The molecular weight excluding hydrogens is 374 g/mol. The van der Waals surface area contributed by atoms with Gasteiger partial charge >= 0.3 is 0 Å². The largest absolute Gasteiger partial charge is 0.203 e. The van der Waals surface area contributed by atoms with E-state index in [1.54, 1.807) is 12.1 Å². The van der Waals surface area contributed by atoms with Crippen molar-refractivity contribution in [1.82, 2.24) is 0 Å². The Hall–Kier alpha value is -1.44. The smallest absolute Gasteiger partial charge is 0.166 e. The molecule has 0 aromatic heterocycles. The zero-order chi connectivity index (χ0) is 21.3. The summed E-state index contributed by atoms with van der Waals surface area (Å²) in [5, 5.41) is 0. The van der Waals surface area contributed by atoms with Gasteiger partial charge in [0.25, 0.3) is 0 Å². The first-order valence-corrected chi connectivity index (χ1v) is 12.4. The van der Waals surface area contributed by atoms with E-state index in [0.29, 0.717) is 29.4 Å². The normalized spacial score (nSPS) is 24.9. The predicted molar refractivity (Wildman–Crippen MR) is 124 cm³/mol. The second-order valence-corrected chi connectivity index (χ2v) is 9.57. The Labute approximate surface area is 182 Å². The fourth-order valence-electron chi connectivity index (χ4n) is 5.22. The highest BCUT2D eigenvalue weighted by molar-refractivity contribution is 5.67. The fraction of sp³-hybridized carbons (Fsp3) is 0.643. The summed E-state index contributed by atoms with van der Waals surface area (Å²) in [5.74, 6) is 1.01. The Morgan fingerprint density at radius 3 is 2.43 bits per heavy atom. The van der Waals surface area contributed by atoms with Crippen LogP contribution >= 0.6 is 0 Å². The van der Waals surface area contributed by atoms with Gasteiger partial charge in [-0.1, -0.05) is 69.9 Å². The third kappa shape index (κ3) is 6.28. The first-order chi connectivity index (χ1) is 14.6. The molecule has 1 saturated carbocycles. The third-order valence-corrected chi connectivity index (χ3v) is 7.45. The van der Waals surface area contributed by atoms with Gasteiger partial charge in [-0.3, -0.25) is 0 Å². The summed E-state index contributed by atoms with van der Waals surface area (Å²) in [6.45, 7) is 4.47. The molecular formula is C28H40F2. The molecule has 0 aliphatic heterocycles. The van der Waals surface area contributed by atoms with Crippen LogP contribution < -0.4 is 0 Å². The van der Waals surface area contributed by atoms with Crippen LogP contribution in [0.25, 0.3) is 5.57 Å². The first kappa shape index (κ1) is 23.2. The third-order valence-electron chi connectivity index (χ3n) is 7.45. The lowest BCUT2D eigenvalue weighted by molar-refractivity contribution is 0.290. The highest BCUT2D eigenvalue weighted by atomic mass is 19.2. The molecule has 0 saturated heterocycles. The molecule has 2 aliphatic rings. The van der Waals surface area contributed by atoms with Crippen LogP contribution in [0.3, 0.4) is 0 Å². The predicted octanol–water partition coefficient (Wildman–Crippen LogP) is 9.04. The Balaban J connectivity index is 1.49. The maximum atomic E-state index is 14.7. The number of hydrogen-bond donors (Lipinski definition) is 0. The van der Waals surface area contributed by atoms with Gasteiger partial charge in [0.15, 0.2) is 11.6 Å². The molecule has 0 amide bonds. The number of unbranched alkanes of at least 4 members (excludes halogenated alkanes) is 1. The van der Waals surface area contributed by atoms with Crippen molar-refractivity contribution in [3.8, 4) is 0 Å². The van der Waals surface area contributed by atoms with E-state index in [4.69, 9.17) is 0 Å². The Bertz CT molecular complexity index is 722. The minimum atomic E-state index is -0.650. The van der Waals surface area contributed by atoms with Crippen LogP contribution in [0.5, 0.6) is 0 Å². The van der Waals surface area contributed by atoms with Crippen LogP contribution in [0.15, 0.2) is 30.4 Å². The molecule has 1 atom stereocenters.